The molecule has 0 radical (unpaired) electrons. The lowest BCUT2D eigenvalue weighted by Crippen LogP contribution is -2.45. The maximum atomic E-state index is 12.3. The number of urea groups is 1. The Hall–Kier alpha value is -2.60. The number of aliphatic hydroxyl groups is 1. The number of nitrogens with zero attached hydrogens (tertiary/aromatic N) is 2. The summed E-state index contributed by atoms with van der Waals surface area (Å²) in [6, 6.07) is 13.3. The minimum Gasteiger partial charge on any atom is -0.487 e. The second-order valence-electron chi connectivity index (χ2n) is 6.55. The Morgan fingerprint density at radius 3 is 2.85 bits per heavy atom. The van der Waals surface area contributed by atoms with E-state index in [4.69, 9.17) is 4.74 Å². The van der Waals surface area contributed by atoms with Crippen molar-refractivity contribution in [3.05, 3.63) is 59.9 Å². The predicted molar refractivity (Wildman–Crippen MR) is 98.6 cm³/mol. The lowest BCUT2D eigenvalue weighted by Gasteiger charge is -2.31. The van der Waals surface area contributed by atoms with E-state index in [1.165, 1.54) is 0 Å². The number of aromatic nitrogens is 1. The monoisotopic (exact) mass is 355 g/mol. The number of carbonyl (C=O) groups excluding carboxylic acids is 1. The van der Waals surface area contributed by atoms with Crippen LogP contribution in [-0.2, 0) is 13.2 Å². The van der Waals surface area contributed by atoms with E-state index in [0.717, 1.165) is 36.4 Å². The van der Waals surface area contributed by atoms with Crippen molar-refractivity contribution in [3.63, 3.8) is 0 Å². The van der Waals surface area contributed by atoms with Crippen molar-refractivity contribution in [2.75, 3.05) is 19.7 Å². The molecule has 2 N–H and O–H groups in total. The number of likely N-dealkylation sites (tertiary alicyclic amines) is 1. The van der Waals surface area contributed by atoms with Crippen LogP contribution in [-0.4, -0.2) is 40.7 Å². The van der Waals surface area contributed by atoms with Crippen molar-refractivity contribution in [1.29, 1.82) is 0 Å². The first kappa shape index (κ1) is 18.2. The van der Waals surface area contributed by atoms with Crippen molar-refractivity contribution >= 4 is 6.03 Å². The molecule has 0 spiro atoms. The summed E-state index contributed by atoms with van der Waals surface area (Å²) < 4.78 is 5.71. The van der Waals surface area contributed by atoms with Gasteiger partial charge in [0.1, 0.15) is 12.4 Å². The number of benzene rings is 1. The van der Waals surface area contributed by atoms with E-state index in [1.807, 2.05) is 42.5 Å². The lowest BCUT2D eigenvalue weighted by molar-refractivity contribution is 0.129. The fourth-order valence-corrected chi connectivity index (χ4v) is 3.03. The second kappa shape index (κ2) is 9.20. The molecule has 1 aliphatic heterocycles. The van der Waals surface area contributed by atoms with Gasteiger partial charge in [0.25, 0.3) is 0 Å². The molecule has 0 bridgehead atoms. The third-order valence-corrected chi connectivity index (χ3v) is 4.54. The zero-order valence-electron chi connectivity index (χ0n) is 14.8. The van der Waals surface area contributed by atoms with Gasteiger partial charge in [-0.3, -0.25) is 4.98 Å². The van der Waals surface area contributed by atoms with Gasteiger partial charge >= 0.3 is 6.03 Å². The summed E-state index contributed by atoms with van der Waals surface area (Å²) in [4.78, 5) is 18.3. The van der Waals surface area contributed by atoms with Gasteiger partial charge in [-0.1, -0.05) is 18.2 Å². The fourth-order valence-electron chi connectivity index (χ4n) is 3.03. The van der Waals surface area contributed by atoms with Crippen LogP contribution in [0.3, 0.4) is 0 Å². The highest BCUT2D eigenvalue weighted by molar-refractivity contribution is 5.74. The summed E-state index contributed by atoms with van der Waals surface area (Å²) in [7, 11) is 0. The Balaban J connectivity index is 1.44. The molecule has 6 nitrogen and oxygen atoms in total. The van der Waals surface area contributed by atoms with E-state index in [9.17, 15) is 9.90 Å². The molecule has 1 aliphatic rings. The summed E-state index contributed by atoms with van der Waals surface area (Å²) in [6.45, 7) is 2.42. The number of pyridine rings is 1. The van der Waals surface area contributed by atoms with Gasteiger partial charge < -0.3 is 20.1 Å². The average Bonchev–Trinajstić information content (AvgIpc) is 2.72. The van der Waals surface area contributed by atoms with Crippen molar-refractivity contribution < 1.29 is 14.6 Å². The Morgan fingerprint density at radius 2 is 2.12 bits per heavy atom. The molecule has 1 aromatic carbocycles. The number of ether oxygens (including phenoxy) is 1. The number of rotatable bonds is 6. The van der Waals surface area contributed by atoms with Gasteiger partial charge in [-0.15, -0.1) is 0 Å². The standard InChI is InChI=1S/C20H25N3O3/c24-14-17-4-3-11-23(13-17)20(25)22-12-16-6-8-19(9-7-16)26-15-18-5-1-2-10-21-18/h1-2,5-10,17,24H,3-4,11-15H2,(H,22,25). The molecule has 3 rings (SSSR count). The molecule has 26 heavy (non-hydrogen) atoms. The molecular formula is C20H25N3O3. The zero-order valence-corrected chi connectivity index (χ0v) is 14.8. The maximum Gasteiger partial charge on any atom is 0.317 e. The van der Waals surface area contributed by atoms with Gasteiger partial charge in [0.2, 0.25) is 0 Å². The van der Waals surface area contributed by atoms with Crippen LogP contribution in [0.25, 0.3) is 0 Å². The maximum absolute atomic E-state index is 12.3. The number of piperidine rings is 1. The van der Waals surface area contributed by atoms with Crippen LogP contribution in [0.1, 0.15) is 24.1 Å². The summed E-state index contributed by atoms with van der Waals surface area (Å²) in [6.07, 6.45) is 3.68. The van der Waals surface area contributed by atoms with Crippen LogP contribution < -0.4 is 10.1 Å². The fraction of sp³-hybridized carbons (Fsp3) is 0.400. The molecule has 6 heteroatoms. The van der Waals surface area contributed by atoms with Gasteiger partial charge in [-0.2, -0.15) is 0 Å². The molecule has 2 aromatic rings. The van der Waals surface area contributed by atoms with Gasteiger partial charge in [0.05, 0.1) is 5.69 Å². The number of aliphatic hydroxyl groups excluding tert-OH is 1. The van der Waals surface area contributed by atoms with Crippen LogP contribution >= 0.6 is 0 Å². The molecule has 1 atom stereocenters. The first-order chi connectivity index (χ1) is 12.7. The highest BCUT2D eigenvalue weighted by Gasteiger charge is 2.22. The summed E-state index contributed by atoms with van der Waals surface area (Å²) in [5, 5.41) is 12.2. The highest BCUT2D eigenvalue weighted by Crippen LogP contribution is 2.16. The number of amides is 2. The molecule has 138 valence electrons. The van der Waals surface area contributed by atoms with E-state index in [1.54, 1.807) is 11.1 Å². The molecule has 1 aromatic heterocycles. The normalized spacial score (nSPS) is 17.0. The van der Waals surface area contributed by atoms with Crippen molar-refractivity contribution in [3.8, 4) is 5.75 Å². The van der Waals surface area contributed by atoms with Crippen LogP contribution in [0.15, 0.2) is 48.7 Å². The molecule has 1 unspecified atom stereocenters. The van der Waals surface area contributed by atoms with E-state index < -0.39 is 0 Å². The number of carbonyl (C=O) groups is 1. The van der Waals surface area contributed by atoms with E-state index >= 15 is 0 Å². The topological polar surface area (TPSA) is 74.7 Å². The third kappa shape index (κ3) is 5.20. The highest BCUT2D eigenvalue weighted by atomic mass is 16.5. The Morgan fingerprint density at radius 1 is 1.27 bits per heavy atom. The second-order valence-corrected chi connectivity index (χ2v) is 6.55. The molecule has 1 fully saturated rings. The Kier molecular flexibility index (Phi) is 6.44. The van der Waals surface area contributed by atoms with Crippen LogP contribution in [0.2, 0.25) is 0 Å². The zero-order chi connectivity index (χ0) is 18.2. The minimum absolute atomic E-state index is 0.0707. The number of hydrogen-bond acceptors (Lipinski definition) is 4. The predicted octanol–water partition coefficient (Wildman–Crippen LogP) is 2.57. The van der Waals surface area contributed by atoms with Crippen LogP contribution in [0, 0.1) is 5.92 Å². The first-order valence-corrected chi connectivity index (χ1v) is 9.00. The van der Waals surface area contributed by atoms with Crippen molar-refractivity contribution in [1.82, 2.24) is 15.2 Å². The largest absolute Gasteiger partial charge is 0.487 e. The van der Waals surface area contributed by atoms with Crippen LogP contribution in [0.4, 0.5) is 4.79 Å². The van der Waals surface area contributed by atoms with Crippen molar-refractivity contribution in [2.24, 2.45) is 5.92 Å². The van der Waals surface area contributed by atoms with Gasteiger partial charge in [-0.05, 0) is 48.6 Å². The number of hydrogen-bond donors (Lipinski definition) is 2. The SMILES string of the molecule is O=C(NCc1ccc(OCc2ccccn2)cc1)N1CCCC(CO)C1. The average molecular weight is 355 g/mol. The quantitative estimate of drug-likeness (QED) is 0.835. The lowest BCUT2D eigenvalue weighted by atomic mass is 9.99. The van der Waals surface area contributed by atoms with Gasteiger partial charge in [0.15, 0.2) is 0 Å². The van der Waals surface area contributed by atoms with Crippen LogP contribution in [0.5, 0.6) is 5.75 Å². The molecule has 0 saturated carbocycles. The summed E-state index contributed by atoms with van der Waals surface area (Å²) in [5.74, 6) is 0.970. The smallest absolute Gasteiger partial charge is 0.317 e. The van der Waals surface area contributed by atoms with E-state index in [-0.39, 0.29) is 18.6 Å². The third-order valence-electron chi connectivity index (χ3n) is 4.54. The summed E-state index contributed by atoms with van der Waals surface area (Å²) >= 11 is 0. The molecule has 0 aliphatic carbocycles. The van der Waals surface area contributed by atoms with Gasteiger partial charge in [0, 0.05) is 32.4 Å². The molecule has 2 heterocycles. The summed E-state index contributed by atoms with van der Waals surface area (Å²) in [5.41, 5.74) is 1.89. The molecule has 2 amide bonds. The minimum atomic E-state index is -0.0707. The van der Waals surface area contributed by atoms with E-state index in [0.29, 0.717) is 19.7 Å². The van der Waals surface area contributed by atoms with E-state index in [2.05, 4.69) is 10.3 Å². The molecular weight excluding hydrogens is 330 g/mol. The Labute approximate surface area is 153 Å². The molecule has 1 saturated heterocycles. The number of nitrogens with one attached hydrogen (secondary N) is 1. The van der Waals surface area contributed by atoms with Gasteiger partial charge in [-0.25, -0.2) is 4.79 Å². The Bertz CT molecular complexity index is 691. The first-order valence-electron chi connectivity index (χ1n) is 9.00. The van der Waals surface area contributed by atoms with Crippen molar-refractivity contribution in [2.45, 2.75) is 26.0 Å².